The van der Waals surface area contributed by atoms with Crippen molar-refractivity contribution >= 4 is 36.9 Å². The third kappa shape index (κ3) is 3.50. The molecule has 5 heteroatoms. The number of hydrogen-bond donors (Lipinski definition) is 2. The van der Waals surface area contributed by atoms with Crippen LogP contribution in [0.25, 0.3) is 0 Å². The van der Waals surface area contributed by atoms with E-state index in [1.165, 1.54) is 5.56 Å². The van der Waals surface area contributed by atoms with E-state index in [2.05, 4.69) is 0 Å². The van der Waals surface area contributed by atoms with Gasteiger partial charge in [-0.15, -0.1) is 0 Å². The van der Waals surface area contributed by atoms with Crippen LogP contribution in [0.5, 0.6) is 5.75 Å². The van der Waals surface area contributed by atoms with Gasteiger partial charge in [0.1, 0.15) is 5.75 Å². The Bertz CT molecular complexity index is 353. The molecule has 0 unspecified atom stereocenters. The van der Waals surface area contributed by atoms with E-state index in [0.29, 0.717) is 5.75 Å². The maximum atomic E-state index is 8.71. The first-order valence-electron chi connectivity index (χ1n) is 4.53. The molecular weight excluding hydrogens is 202 g/mol. The molecule has 0 spiro atoms. The van der Waals surface area contributed by atoms with Crippen molar-refractivity contribution in [3.63, 3.8) is 0 Å². The van der Waals surface area contributed by atoms with Crippen molar-refractivity contribution in [3.05, 3.63) is 28.3 Å². The standard InChI is InChI=1S/C10H15BO3.Na.H/c1-6-5-10(14-11(12)13)9(4)8(3)7(6)2;;/h5,12-13H,1-4H3;;. The molecule has 0 aliphatic heterocycles. The van der Waals surface area contributed by atoms with Crippen LogP contribution in [-0.4, -0.2) is 46.9 Å². The monoisotopic (exact) mass is 218 g/mol. The Morgan fingerprint density at radius 3 is 2.00 bits per heavy atom. The third-order valence-electron chi connectivity index (χ3n) is 2.67. The van der Waals surface area contributed by atoms with Crippen LogP contribution < -0.4 is 4.65 Å². The Balaban J connectivity index is 0.00000196. The first kappa shape index (κ1) is 15.0. The second-order valence-corrected chi connectivity index (χ2v) is 3.51. The molecular formula is C10H16BNaO3. The summed E-state index contributed by atoms with van der Waals surface area (Å²) < 4.78 is 4.87. The van der Waals surface area contributed by atoms with Gasteiger partial charge < -0.3 is 14.7 Å². The summed E-state index contributed by atoms with van der Waals surface area (Å²) in [4.78, 5) is 0. The molecule has 0 atom stereocenters. The van der Waals surface area contributed by atoms with E-state index in [0.717, 1.165) is 16.7 Å². The van der Waals surface area contributed by atoms with E-state index in [1.54, 1.807) is 0 Å². The molecule has 2 N–H and O–H groups in total. The van der Waals surface area contributed by atoms with Crippen molar-refractivity contribution in [2.75, 3.05) is 0 Å². The second kappa shape index (κ2) is 5.92. The average Bonchev–Trinajstić information content (AvgIpc) is 2.10. The molecule has 0 aliphatic rings. The molecule has 0 aromatic heterocycles. The molecule has 3 nitrogen and oxygen atoms in total. The normalized spacial score (nSPS) is 9.47. The Hall–Kier alpha value is 0.00494. The van der Waals surface area contributed by atoms with E-state index < -0.39 is 7.32 Å². The number of benzene rings is 1. The summed E-state index contributed by atoms with van der Waals surface area (Å²) in [5.74, 6) is 0.528. The van der Waals surface area contributed by atoms with Crippen molar-refractivity contribution in [3.8, 4) is 5.75 Å². The zero-order chi connectivity index (χ0) is 10.9. The summed E-state index contributed by atoms with van der Waals surface area (Å²) >= 11 is 0. The van der Waals surface area contributed by atoms with Crippen LogP contribution in [0.15, 0.2) is 6.07 Å². The summed E-state index contributed by atoms with van der Waals surface area (Å²) in [6.07, 6.45) is 0. The first-order valence-corrected chi connectivity index (χ1v) is 4.53. The molecule has 1 aromatic rings. The van der Waals surface area contributed by atoms with Gasteiger partial charge in [0.25, 0.3) is 0 Å². The van der Waals surface area contributed by atoms with E-state index >= 15 is 0 Å². The van der Waals surface area contributed by atoms with Crippen LogP contribution >= 0.6 is 0 Å². The molecule has 0 saturated heterocycles. The zero-order valence-electron chi connectivity index (χ0n) is 8.96. The van der Waals surface area contributed by atoms with Gasteiger partial charge in [-0.25, -0.2) is 0 Å². The fourth-order valence-electron chi connectivity index (χ4n) is 1.41. The van der Waals surface area contributed by atoms with Crippen molar-refractivity contribution in [2.24, 2.45) is 0 Å². The Labute approximate surface area is 113 Å². The maximum absolute atomic E-state index is 8.71. The Morgan fingerprint density at radius 1 is 1.00 bits per heavy atom. The van der Waals surface area contributed by atoms with Crippen LogP contribution in [0.3, 0.4) is 0 Å². The van der Waals surface area contributed by atoms with E-state index in [9.17, 15) is 0 Å². The van der Waals surface area contributed by atoms with Crippen LogP contribution in [0.1, 0.15) is 22.3 Å². The SMILES string of the molecule is Cc1cc(OB(O)O)c(C)c(C)c1C.[NaH]. The van der Waals surface area contributed by atoms with Gasteiger partial charge in [-0.2, -0.15) is 0 Å². The molecule has 0 bridgehead atoms. The summed E-state index contributed by atoms with van der Waals surface area (Å²) in [6.45, 7) is 7.91. The van der Waals surface area contributed by atoms with Gasteiger partial charge in [-0.05, 0) is 56.0 Å². The van der Waals surface area contributed by atoms with Gasteiger partial charge in [0.05, 0.1) is 0 Å². The predicted octanol–water partition coefficient (Wildman–Crippen LogP) is 0.620. The molecule has 0 radical (unpaired) electrons. The first-order chi connectivity index (χ1) is 6.43. The van der Waals surface area contributed by atoms with Gasteiger partial charge in [0.2, 0.25) is 0 Å². The van der Waals surface area contributed by atoms with Crippen molar-refractivity contribution in [1.82, 2.24) is 0 Å². The van der Waals surface area contributed by atoms with Crippen molar-refractivity contribution in [1.29, 1.82) is 0 Å². The molecule has 0 fully saturated rings. The van der Waals surface area contributed by atoms with E-state index in [1.807, 2.05) is 33.8 Å². The molecule has 0 heterocycles. The van der Waals surface area contributed by atoms with Crippen LogP contribution in [0.4, 0.5) is 0 Å². The van der Waals surface area contributed by atoms with Gasteiger partial charge in [0, 0.05) is 0 Å². The zero-order valence-corrected chi connectivity index (χ0v) is 8.96. The molecule has 0 saturated carbocycles. The number of rotatable bonds is 2. The van der Waals surface area contributed by atoms with Gasteiger partial charge in [0.15, 0.2) is 0 Å². The molecule has 78 valence electrons. The van der Waals surface area contributed by atoms with Crippen LogP contribution in [0, 0.1) is 27.7 Å². The predicted molar refractivity (Wildman–Crippen MR) is 63.4 cm³/mol. The summed E-state index contributed by atoms with van der Waals surface area (Å²) in [5.41, 5.74) is 4.37. The van der Waals surface area contributed by atoms with Crippen LogP contribution in [0.2, 0.25) is 0 Å². The fourth-order valence-corrected chi connectivity index (χ4v) is 1.41. The second-order valence-electron chi connectivity index (χ2n) is 3.51. The fraction of sp³-hybridized carbons (Fsp3) is 0.400. The average molecular weight is 218 g/mol. The molecule has 0 aliphatic carbocycles. The van der Waals surface area contributed by atoms with E-state index in [4.69, 9.17) is 14.7 Å². The topological polar surface area (TPSA) is 49.7 Å². The summed E-state index contributed by atoms with van der Waals surface area (Å²) in [5, 5.41) is 17.4. The Kier molecular flexibility index (Phi) is 5.92. The van der Waals surface area contributed by atoms with Gasteiger partial charge >= 0.3 is 36.9 Å². The number of hydrogen-bond acceptors (Lipinski definition) is 3. The Morgan fingerprint density at radius 2 is 1.53 bits per heavy atom. The van der Waals surface area contributed by atoms with Crippen molar-refractivity contribution in [2.45, 2.75) is 27.7 Å². The number of aryl methyl sites for hydroxylation is 1. The van der Waals surface area contributed by atoms with E-state index in [-0.39, 0.29) is 29.6 Å². The van der Waals surface area contributed by atoms with Crippen LogP contribution in [-0.2, 0) is 0 Å². The third-order valence-corrected chi connectivity index (χ3v) is 2.67. The summed E-state index contributed by atoms with van der Waals surface area (Å²) in [6, 6.07) is 1.82. The molecule has 0 amide bonds. The molecule has 1 aromatic carbocycles. The van der Waals surface area contributed by atoms with Gasteiger partial charge in [-0.1, -0.05) is 0 Å². The summed E-state index contributed by atoms with van der Waals surface area (Å²) in [7, 11) is -1.75. The minimum absolute atomic E-state index is 0. The minimum atomic E-state index is -1.75. The quantitative estimate of drug-likeness (QED) is 0.715. The van der Waals surface area contributed by atoms with Gasteiger partial charge in [-0.3, -0.25) is 0 Å². The van der Waals surface area contributed by atoms with Crippen molar-refractivity contribution < 1.29 is 14.7 Å². The molecule has 15 heavy (non-hydrogen) atoms. The molecule has 1 rings (SSSR count).